The van der Waals surface area contributed by atoms with Gasteiger partial charge in [-0.25, -0.2) is 8.42 Å². The summed E-state index contributed by atoms with van der Waals surface area (Å²) in [5, 5.41) is 0.782. The van der Waals surface area contributed by atoms with Crippen molar-refractivity contribution in [1.29, 1.82) is 0 Å². The number of benzene rings is 2. The van der Waals surface area contributed by atoms with Crippen molar-refractivity contribution in [3.63, 3.8) is 0 Å². The zero-order valence-corrected chi connectivity index (χ0v) is 15.1. The Morgan fingerprint density at radius 3 is 2.54 bits per heavy atom. The Balaban J connectivity index is 1.86. The Kier molecular flexibility index (Phi) is 4.97. The number of hydrogen-bond acceptors (Lipinski definition) is 5. The first-order valence-corrected chi connectivity index (χ1v) is 9.41. The van der Waals surface area contributed by atoms with Gasteiger partial charge in [-0.3, -0.25) is 10.2 Å². The maximum absolute atomic E-state index is 12.5. The van der Waals surface area contributed by atoms with E-state index in [1.807, 2.05) is 6.92 Å². The average molecular weight is 374 g/mol. The summed E-state index contributed by atoms with van der Waals surface area (Å²) in [6.45, 7) is 1.89. The van der Waals surface area contributed by atoms with Gasteiger partial charge in [-0.2, -0.15) is 0 Å². The standard InChI is InChI=1S/C18H18N2O5S/c1-3-14-15-10-9-12(24-2)11-16(15)25-17(14)18(21)19-20-26(22,23)13-7-5-4-6-8-13/h4-11,20H,3H2,1-2H3,(H,19,21). The molecule has 0 saturated heterocycles. The van der Waals surface area contributed by atoms with E-state index in [-0.39, 0.29) is 10.7 Å². The van der Waals surface area contributed by atoms with Gasteiger partial charge >= 0.3 is 5.91 Å². The van der Waals surface area contributed by atoms with E-state index in [1.54, 1.807) is 36.4 Å². The molecule has 0 unspecified atom stereocenters. The van der Waals surface area contributed by atoms with Crippen LogP contribution in [0, 0.1) is 0 Å². The maximum atomic E-state index is 12.5. The van der Waals surface area contributed by atoms with Crippen LogP contribution in [0.5, 0.6) is 5.75 Å². The summed E-state index contributed by atoms with van der Waals surface area (Å²) in [5.41, 5.74) is 3.39. The normalized spacial score (nSPS) is 11.5. The van der Waals surface area contributed by atoms with Crippen LogP contribution in [-0.4, -0.2) is 21.4 Å². The van der Waals surface area contributed by atoms with Crippen LogP contribution < -0.4 is 15.0 Å². The summed E-state index contributed by atoms with van der Waals surface area (Å²) in [4.78, 5) is 14.6. The molecule has 3 rings (SSSR count). The number of carbonyl (C=O) groups is 1. The van der Waals surface area contributed by atoms with Crippen molar-refractivity contribution in [2.75, 3.05) is 7.11 Å². The number of carbonyl (C=O) groups excluding carboxylic acids is 1. The van der Waals surface area contributed by atoms with E-state index in [0.717, 1.165) is 5.39 Å². The van der Waals surface area contributed by atoms with Crippen molar-refractivity contribution in [3.8, 4) is 5.75 Å². The van der Waals surface area contributed by atoms with Crippen LogP contribution >= 0.6 is 0 Å². The molecule has 0 saturated carbocycles. The van der Waals surface area contributed by atoms with E-state index in [2.05, 4.69) is 10.3 Å². The largest absolute Gasteiger partial charge is 0.497 e. The van der Waals surface area contributed by atoms with E-state index < -0.39 is 15.9 Å². The first kappa shape index (κ1) is 18.0. The summed E-state index contributed by atoms with van der Waals surface area (Å²) in [6.07, 6.45) is 0.549. The topological polar surface area (TPSA) is 97.6 Å². The number of nitrogens with one attached hydrogen (secondary N) is 2. The molecular weight excluding hydrogens is 356 g/mol. The van der Waals surface area contributed by atoms with Gasteiger partial charge in [0.25, 0.3) is 10.0 Å². The lowest BCUT2D eigenvalue weighted by molar-refractivity contribution is 0.0918. The van der Waals surface area contributed by atoms with E-state index in [4.69, 9.17) is 9.15 Å². The summed E-state index contributed by atoms with van der Waals surface area (Å²) in [6, 6.07) is 13.0. The molecule has 26 heavy (non-hydrogen) atoms. The lowest BCUT2D eigenvalue weighted by Crippen LogP contribution is -2.41. The number of hydrogen-bond donors (Lipinski definition) is 2. The minimum atomic E-state index is -3.87. The zero-order valence-electron chi connectivity index (χ0n) is 14.3. The summed E-state index contributed by atoms with van der Waals surface area (Å²) < 4.78 is 35.2. The van der Waals surface area contributed by atoms with Crippen molar-refractivity contribution in [1.82, 2.24) is 10.3 Å². The minimum absolute atomic E-state index is 0.0466. The molecule has 0 fully saturated rings. The number of aryl methyl sites for hydroxylation is 1. The van der Waals surface area contributed by atoms with Gasteiger partial charge in [-0.15, -0.1) is 4.83 Å². The molecule has 7 nitrogen and oxygen atoms in total. The molecule has 2 aromatic carbocycles. The smallest absolute Gasteiger partial charge is 0.302 e. The highest BCUT2D eigenvalue weighted by atomic mass is 32.2. The van der Waals surface area contributed by atoms with E-state index in [0.29, 0.717) is 23.3 Å². The number of amides is 1. The molecule has 3 aromatic rings. The molecule has 1 heterocycles. The third kappa shape index (κ3) is 3.42. The van der Waals surface area contributed by atoms with Crippen LogP contribution in [-0.2, 0) is 16.4 Å². The van der Waals surface area contributed by atoms with Gasteiger partial charge in [-0.1, -0.05) is 25.1 Å². The Hall–Kier alpha value is -2.84. The summed E-state index contributed by atoms with van der Waals surface area (Å²) >= 11 is 0. The predicted octanol–water partition coefficient (Wildman–Crippen LogP) is 2.63. The van der Waals surface area contributed by atoms with Crippen LogP contribution in [0.15, 0.2) is 57.8 Å². The fraction of sp³-hybridized carbons (Fsp3) is 0.167. The molecule has 136 valence electrons. The number of fused-ring (bicyclic) bond motifs is 1. The highest BCUT2D eigenvalue weighted by Gasteiger charge is 2.22. The number of methoxy groups -OCH3 is 1. The fourth-order valence-corrected chi connectivity index (χ4v) is 3.48. The molecule has 2 N–H and O–H groups in total. The van der Waals surface area contributed by atoms with Gasteiger partial charge in [0, 0.05) is 17.0 Å². The number of ether oxygens (including phenoxy) is 1. The second-order valence-corrected chi connectivity index (χ2v) is 7.18. The molecule has 0 aliphatic heterocycles. The predicted molar refractivity (Wildman–Crippen MR) is 96.4 cm³/mol. The van der Waals surface area contributed by atoms with Gasteiger partial charge in [0.15, 0.2) is 5.76 Å². The molecule has 8 heteroatoms. The van der Waals surface area contributed by atoms with Gasteiger partial charge in [0.1, 0.15) is 11.3 Å². The van der Waals surface area contributed by atoms with Gasteiger partial charge in [-0.05, 0) is 30.7 Å². The monoisotopic (exact) mass is 374 g/mol. The van der Waals surface area contributed by atoms with Gasteiger partial charge in [0.2, 0.25) is 0 Å². The number of rotatable bonds is 6. The zero-order chi connectivity index (χ0) is 18.7. The lowest BCUT2D eigenvalue weighted by atomic mass is 10.1. The molecule has 1 aromatic heterocycles. The molecule has 0 radical (unpaired) electrons. The number of sulfonamides is 1. The van der Waals surface area contributed by atoms with Crippen LogP contribution in [0.3, 0.4) is 0 Å². The van der Waals surface area contributed by atoms with Crippen LogP contribution in [0.25, 0.3) is 11.0 Å². The fourth-order valence-electron chi connectivity index (χ4n) is 2.62. The molecule has 1 amide bonds. The summed E-state index contributed by atoms with van der Waals surface area (Å²) in [7, 11) is -2.33. The van der Waals surface area contributed by atoms with Crippen molar-refractivity contribution >= 4 is 26.9 Å². The van der Waals surface area contributed by atoms with Crippen molar-refractivity contribution in [2.45, 2.75) is 18.2 Å². The average Bonchev–Trinajstić information content (AvgIpc) is 3.04. The quantitative estimate of drug-likeness (QED) is 0.647. The molecule has 0 bridgehead atoms. The first-order chi connectivity index (χ1) is 12.5. The Labute approximate surface area is 151 Å². The third-order valence-corrected chi connectivity index (χ3v) is 5.18. The van der Waals surface area contributed by atoms with Crippen molar-refractivity contribution in [2.24, 2.45) is 0 Å². The number of hydrazine groups is 1. The maximum Gasteiger partial charge on any atom is 0.302 e. The SMILES string of the molecule is CCc1c(C(=O)NNS(=O)(=O)c2ccccc2)oc2cc(OC)ccc12. The Bertz CT molecular complexity index is 1040. The van der Waals surface area contributed by atoms with E-state index in [9.17, 15) is 13.2 Å². The van der Waals surface area contributed by atoms with Crippen LogP contribution in [0.2, 0.25) is 0 Å². The second kappa shape index (κ2) is 7.19. The second-order valence-electron chi connectivity index (χ2n) is 5.50. The highest BCUT2D eigenvalue weighted by molar-refractivity contribution is 7.89. The number of furan rings is 1. The Morgan fingerprint density at radius 1 is 1.15 bits per heavy atom. The molecule has 0 aliphatic carbocycles. The van der Waals surface area contributed by atoms with Crippen molar-refractivity contribution in [3.05, 3.63) is 59.9 Å². The van der Waals surface area contributed by atoms with Crippen LogP contribution in [0.4, 0.5) is 0 Å². The van der Waals surface area contributed by atoms with Gasteiger partial charge < -0.3 is 9.15 Å². The highest BCUT2D eigenvalue weighted by Crippen LogP contribution is 2.29. The third-order valence-electron chi connectivity index (χ3n) is 3.91. The van der Waals surface area contributed by atoms with E-state index >= 15 is 0 Å². The minimum Gasteiger partial charge on any atom is -0.497 e. The molecule has 0 spiro atoms. The molecular formula is C18H18N2O5S. The van der Waals surface area contributed by atoms with Gasteiger partial charge in [0.05, 0.1) is 12.0 Å². The lowest BCUT2D eigenvalue weighted by Gasteiger charge is -2.07. The molecule has 0 aliphatic rings. The van der Waals surface area contributed by atoms with Crippen LogP contribution in [0.1, 0.15) is 23.0 Å². The first-order valence-electron chi connectivity index (χ1n) is 7.93. The van der Waals surface area contributed by atoms with Crippen molar-refractivity contribution < 1.29 is 22.4 Å². The summed E-state index contributed by atoms with van der Waals surface area (Å²) in [5.74, 6) is -0.00585. The Morgan fingerprint density at radius 2 is 1.88 bits per heavy atom. The molecule has 0 atom stereocenters. The van der Waals surface area contributed by atoms with E-state index in [1.165, 1.54) is 19.2 Å².